The zero-order valence-electron chi connectivity index (χ0n) is 17.6. The van der Waals surface area contributed by atoms with Gasteiger partial charge in [0.15, 0.2) is 0 Å². The number of benzene rings is 2. The summed E-state index contributed by atoms with van der Waals surface area (Å²) in [6.45, 7) is 6.70. The van der Waals surface area contributed by atoms with Gasteiger partial charge >= 0.3 is 0 Å². The quantitative estimate of drug-likeness (QED) is 0.830. The van der Waals surface area contributed by atoms with E-state index in [4.69, 9.17) is 9.47 Å². The Bertz CT molecular complexity index is 917. The maximum atomic E-state index is 12.9. The Hall–Kier alpha value is -3.02. The van der Waals surface area contributed by atoms with Crippen molar-refractivity contribution in [1.82, 2.24) is 0 Å². The Labute approximate surface area is 171 Å². The molecule has 2 amide bonds. The number of nitrogens with zero attached hydrogens (tertiary/aromatic N) is 1. The Kier molecular flexibility index (Phi) is 5.82. The maximum absolute atomic E-state index is 12.9. The first kappa shape index (κ1) is 20.7. The van der Waals surface area contributed by atoms with Crippen molar-refractivity contribution < 1.29 is 19.1 Å². The summed E-state index contributed by atoms with van der Waals surface area (Å²) in [5, 5.41) is 2.89. The molecule has 154 valence electrons. The molecule has 0 saturated carbocycles. The molecule has 1 aliphatic rings. The number of carbonyl (C=O) groups is 2. The first-order chi connectivity index (χ1) is 13.7. The normalized spacial score (nSPS) is 16.7. The maximum Gasteiger partial charge on any atom is 0.229 e. The number of methoxy groups -OCH3 is 2. The Balaban J connectivity index is 1.80. The van der Waals surface area contributed by atoms with Crippen molar-refractivity contribution >= 4 is 23.2 Å². The number of amides is 2. The molecule has 0 aromatic heterocycles. The van der Waals surface area contributed by atoms with Gasteiger partial charge in [0.25, 0.3) is 0 Å². The van der Waals surface area contributed by atoms with Crippen LogP contribution in [0.4, 0.5) is 11.4 Å². The van der Waals surface area contributed by atoms with E-state index >= 15 is 0 Å². The van der Waals surface area contributed by atoms with Crippen molar-refractivity contribution in [2.24, 2.45) is 5.92 Å². The van der Waals surface area contributed by atoms with Gasteiger partial charge in [0.2, 0.25) is 11.8 Å². The summed E-state index contributed by atoms with van der Waals surface area (Å²) in [5.74, 6) is 0.467. The molecular weight excluding hydrogens is 368 g/mol. The number of carbonyl (C=O) groups excluding carboxylic acids is 2. The van der Waals surface area contributed by atoms with Gasteiger partial charge in [-0.05, 0) is 29.2 Å². The number of nitrogens with one attached hydrogen (secondary N) is 1. The predicted octanol–water partition coefficient (Wildman–Crippen LogP) is 3.99. The van der Waals surface area contributed by atoms with E-state index in [1.54, 1.807) is 37.3 Å². The lowest BCUT2D eigenvalue weighted by atomic mass is 9.85. The first-order valence-electron chi connectivity index (χ1n) is 9.67. The van der Waals surface area contributed by atoms with E-state index in [9.17, 15) is 9.59 Å². The highest BCUT2D eigenvalue weighted by Crippen LogP contribution is 2.36. The van der Waals surface area contributed by atoms with Gasteiger partial charge in [-0.25, -0.2) is 0 Å². The zero-order valence-corrected chi connectivity index (χ0v) is 17.6. The summed E-state index contributed by atoms with van der Waals surface area (Å²) in [4.78, 5) is 27.4. The molecule has 6 nitrogen and oxygen atoms in total. The van der Waals surface area contributed by atoms with Crippen LogP contribution in [0.15, 0.2) is 42.5 Å². The van der Waals surface area contributed by atoms with Crippen LogP contribution in [-0.4, -0.2) is 32.6 Å². The van der Waals surface area contributed by atoms with E-state index < -0.39 is 5.92 Å². The minimum atomic E-state index is -0.438. The molecule has 1 N–H and O–H groups in total. The van der Waals surface area contributed by atoms with Gasteiger partial charge in [0, 0.05) is 24.7 Å². The molecule has 1 unspecified atom stereocenters. The van der Waals surface area contributed by atoms with Crippen LogP contribution >= 0.6 is 0 Å². The smallest absolute Gasteiger partial charge is 0.229 e. The third kappa shape index (κ3) is 4.36. The Morgan fingerprint density at radius 2 is 1.83 bits per heavy atom. The van der Waals surface area contributed by atoms with Crippen molar-refractivity contribution in [1.29, 1.82) is 0 Å². The second-order valence-electron chi connectivity index (χ2n) is 8.23. The highest BCUT2D eigenvalue weighted by atomic mass is 16.5. The summed E-state index contributed by atoms with van der Waals surface area (Å²) in [6.07, 6.45) is 0.177. The fraction of sp³-hybridized carbons (Fsp3) is 0.391. The molecule has 1 heterocycles. The summed E-state index contributed by atoms with van der Waals surface area (Å²) < 4.78 is 10.6. The lowest BCUT2D eigenvalue weighted by Crippen LogP contribution is -2.30. The first-order valence-corrected chi connectivity index (χ1v) is 9.67. The fourth-order valence-corrected chi connectivity index (χ4v) is 3.61. The van der Waals surface area contributed by atoms with Crippen LogP contribution in [0.25, 0.3) is 0 Å². The van der Waals surface area contributed by atoms with Crippen molar-refractivity contribution in [3.8, 4) is 11.5 Å². The largest absolute Gasteiger partial charge is 0.497 e. The summed E-state index contributed by atoms with van der Waals surface area (Å²) in [5.41, 5.74) is 2.38. The summed E-state index contributed by atoms with van der Waals surface area (Å²) in [7, 11) is 3.11. The molecule has 2 aromatic carbocycles. The van der Waals surface area contributed by atoms with Crippen molar-refractivity contribution in [2.45, 2.75) is 32.6 Å². The van der Waals surface area contributed by atoms with E-state index in [0.717, 1.165) is 11.3 Å². The van der Waals surface area contributed by atoms with Crippen LogP contribution in [0.2, 0.25) is 0 Å². The number of anilines is 2. The van der Waals surface area contributed by atoms with Crippen LogP contribution in [0.1, 0.15) is 32.8 Å². The second-order valence-corrected chi connectivity index (χ2v) is 8.23. The highest BCUT2D eigenvalue weighted by Gasteiger charge is 2.37. The zero-order chi connectivity index (χ0) is 21.2. The molecule has 3 rings (SSSR count). The molecule has 1 aliphatic heterocycles. The van der Waals surface area contributed by atoms with Crippen molar-refractivity contribution in [2.75, 3.05) is 31.0 Å². The van der Waals surface area contributed by atoms with Crippen molar-refractivity contribution in [3.05, 3.63) is 48.0 Å². The Morgan fingerprint density at radius 1 is 1.10 bits per heavy atom. The molecule has 1 atom stereocenters. The lowest BCUT2D eigenvalue weighted by Gasteiger charge is -2.27. The van der Waals surface area contributed by atoms with Crippen LogP contribution in [-0.2, 0) is 15.0 Å². The van der Waals surface area contributed by atoms with Gasteiger partial charge in [-0.1, -0.05) is 39.0 Å². The van der Waals surface area contributed by atoms with Crippen molar-refractivity contribution in [3.63, 3.8) is 0 Å². The SMILES string of the molecule is COc1ccc(OC)c(NC(=O)C2CC(=O)N(c3ccccc3C(C)(C)C)C2)c1. The number of hydrogen-bond donors (Lipinski definition) is 1. The third-order valence-electron chi connectivity index (χ3n) is 5.16. The lowest BCUT2D eigenvalue weighted by molar-refractivity contribution is -0.122. The summed E-state index contributed by atoms with van der Waals surface area (Å²) in [6, 6.07) is 13.1. The highest BCUT2D eigenvalue weighted by molar-refractivity contribution is 6.04. The van der Waals surface area contributed by atoms with E-state index in [2.05, 4.69) is 26.1 Å². The fourth-order valence-electron chi connectivity index (χ4n) is 3.61. The number of para-hydroxylation sites is 1. The standard InChI is InChI=1S/C23H28N2O4/c1-23(2,3)17-8-6-7-9-19(17)25-14-15(12-21(25)26)22(27)24-18-13-16(28-4)10-11-20(18)29-5/h6-11,13,15H,12,14H2,1-5H3,(H,24,27). The average Bonchev–Trinajstić information content (AvgIpc) is 3.09. The van der Waals surface area contributed by atoms with E-state index in [1.165, 1.54) is 0 Å². The molecule has 1 saturated heterocycles. The van der Waals surface area contributed by atoms with Crippen LogP contribution < -0.4 is 19.7 Å². The minimum absolute atomic E-state index is 0.0422. The molecule has 2 aromatic rings. The number of hydrogen-bond acceptors (Lipinski definition) is 4. The van der Waals surface area contributed by atoms with Gasteiger partial charge in [0.1, 0.15) is 11.5 Å². The summed E-state index contributed by atoms with van der Waals surface area (Å²) >= 11 is 0. The predicted molar refractivity (Wildman–Crippen MR) is 114 cm³/mol. The van der Waals surface area contributed by atoms with Gasteiger partial charge in [-0.3, -0.25) is 9.59 Å². The molecule has 6 heteroatoms. The molecule has 1 fully saturated rings. The molecule has 0 spiro atoms. The van der Waals surface area contributed by atoms with E-state index in [1.807, 2.05) is 24.3 Å². The average molecular weight is 396 g/mol. The molecule has 0 radical (unpaired) electrons. The third-order valence-corrected chi connectivity index (χ3v) is 5.16. The molecule has 29 heavy (non-hydrogen) atoms. The van der Waals surface area contributed by atoms with Gasteiger partial charge < -0.3 is 19.7 Å². The van der Waals surface area contributed by atoms with Crippen LogP contribution in [0.3, 0.4) is 0 Å². The Morgan fingerprint density at radius 3 is 2.48 bits per heavy atom. The van der Waals surface area contributed by atoms with Crippen LogP contribution in [0.5, 0.6) is 11.5 Å². The molecule has 0 aliphatic carbocycles. The van der Waals surface area contributed by atoms with E-state index in [0.29, 0.717) is 23.7 Å². The van der Waals surface area contributed by atoms with Gasteiger partial charge in [-0.2, -0.15) is 0 Å². The molecule has 0 bridgehead atoms. The van der Waals surface area contributed by atoms with E-state index in [-0.39, 0.29) is 23.7 Å². The second kappa shape index (κ2) is 8.15. The van der Waals surface area contributed by atoms with Crippen LogP contribution in [0, 0.1) is 5.92 Å². The monoisotopic (exact) mass is 396 g/mol. The number of ether oxygens (including phenoxy) is 2. The topological polar surface area (TPSA) is 67.9 Å². The van der Waals surface area contributed by atoms with Gasteiger partial charge in [0.05, 0.1) is 25.8 Å². The molecular formula is C23H28N2O4. The van der Waals surface area contributed by atoms with Gasteiger partial charge in [-0.15, -0.1) is 0 Å². The number of rotatable bonds is 5. The minimum Gasteiger partial charge on any atom is -0.497 e.